The highest BCUT2D eigenvalue weighted by atomic mass is 16.4. The molecule has 1 amide bonds. The van der Waals surface area contributed by atoms with Crippen molar-refractivity contribution in [3.05, 3.63) is 84.5 Å². The lowest BCUT2D eigenvalue weighted by molar-refractivity contribution is -0.134. The number of rotatable bonds is 9. The second-order valence-corrected chi connectivity index (χ2v) is 5.64. The Hall–Kier alpha value is -3.34. The summed E-state index contributed by atoms with van der Waals surface area (Å²) in [6.45, 7) is 4.39. The fourth-order valence-corrected chi connectivity index (χ4v) is 2.40. The predicted octanol–water partition coefficient (Wildman–Crippen LogP) is 3.52. The lowest BCUT2D eigenvalue weighted by Crippen LogP contribution is -2.31. The Bertz CT molecular complexity index is 785. The highest BCUT2D eigenvalue weighted by Crippen LogP contribution is 2.13. The normalized spacial score (nSPS) is 10.5. The van der Waals surface area contributed by atoms with E-state index in [9.17, 15) is 9.59 Å². The van der Waals surface area contributed by atoms with Gasteiger partial charge < -0.3 is 15.3 Å². The lowest BCUT2D eigenvalue weighted by Gasteiger charge is -2.20. The minimum atomic E-state index is -0.957. The monoisotopic (exact) mass is 350 g/mol. The first kappa shape index (κ1) is 19.0. The van der Waals surface area contributed by atoms with E-state index in [1.165, 1.54) is 0 Å². The summed E-state index contributed by atoms with van der Waals surface area (Å²) in [6, 6.07) is 16.7. The molecule has 0 unspecified atom stereocenters. The fraction of sp³-hybridized carbons (Fsp3) is 0.143. The number of carboxylic acid groups (broad SMARTS) is 1. The molecule has 0 heterocycles. The van der Waals surface area contributed by atoms with Gasteiger partial charge in [-0.1, -0.05) is 54.6 Å². The summed E-state index contributed by atoms with van der Waals surface area (Å²) in [4.78, 5) is 25.1. The highest BCUT2D eigenvalue weighted by molar-refractivity contribution is 5.95. The maximum absolute atomic E-state index is 12.8. The van der Waals surface area contributed by atoms with E-state index >= 15 is 0 Å². The third kappa shape index (κ3) is 5.94. The number of carboxylic acids is 1. The van der Waals surface area contributed by atoms with Gasteiger partial charge >= 0.3 is 5.97 Å². The van der Waals surface area contributed by atoms with E-state index in [0.717, 1.165) is 5.56 Å². The number of carbonyl (C=O) groups is 2. The summed E-state index contributed by atoms with van der Waals surface area (Å²) in [5, 5.41) is 11.5. The smallest absolute Gasteiger partial charge is 0.322 e. The van der Waals surface area contributed by atoms with Crippen molar-refractivity contribution >= 4 is 23.6 Å². The number of amides is 1. The summed E-state index contributed by atoms with van der Waals surface area (Å²) < 4.78 is 0. The largest absolute Gasteiger partial charge is 0.480 e. The molecule has 0 atom stereocenters. The molecule has 0 radical (unpaired) electrons. The number of carbonyl (C=O) groups excluding carboxylic acids is 1. The number of benzene rings is 2. The van der Waals surface area contributed by atoms with Crippen LogP contribution in [0.15, 0.2) is 73.3 Å². The molecule has 26 heavy (non-hydrogen) atoms. The van der Waals surface area contributed by atoms with Crippen molar-refractivity contribution in [2.75, 3.05) is 25.0 Å². The molecule has 0 aliphatic heterocycles. The number of anilines is 1. The number of nitrogens with zero attached hydrogens (tertiary/aromatic N) is 1. The van der Waals surface area contributed by atoms with Gasteiger partial charge in [-0.25, -0.2) is 0 Å². The molecule has 0 aliphatic rings. The van der Waals surface area contributed by atoms with Crippen molar-refractivity contribution in [3.63, 3.8) is 0 Å². The zero-order chi connectivity index (χ0) is 18.8. The van der Waals surface area contributed by atoms with Crippen molar-refractivity contribution in [3.8, 4) is 0 Å². The van der Waals surface area contributed by atoms with E-state index in [0.29, 0.717) is 24.3 Å². The Kier molecular flexibility index (Phi) is 7.18. The van der Waals surface area contributed by atoms with Crippen LogP contribution in [0.5, 0.6) is 0 Å². The van der Waals surface area contributed by atoms with Crippen molar-refractivity contribution < 1.29 is 14.7 Å². The first-order chi connectivity index (χ1) is 12.6. The molecular formula is C21H22N2O3. The third-order valence-electron chi connectivity index (χ3n) is 3.63. The molecule has 0 saturated heterocycles. The topological polar surface area (TPSA) is 69.6 Å². The van der Waals surface area contributed by atoms with E-state index in [4.69, 9.17) is 5.11 Å². The first-order valence-corrected chi connectivity index (χ1v) is 8.27. The molecule has 0 bridgehead atoms. The van der Waals surface area contributed by atoms with Gasteiger partial charge in [-0.2, -0.15) is 0 Å². The van der Waals surface area contributed by atoms with Crippen LogP contribution >= 0.6 is 0 Å². The van der Waals surface area contributed by atoms with E-state index < -0.39 is 5.97 Å². The molecule has 5 heteroatoms. The van der Waals surface area contributed by atoms with E-state index in [2.05, 4.69) is 11.9 Å². The second-order valence-electron chi connectivity index (χ2n) is 5.64. The molecule has 2 N–H and O–H groups in total. The Balaban J connectivity index is 2.07. The zero-order valence-corrected chi connectivity index (χ0v) is 14.5. The molecule has 0 fully saturated rings. The van der Waals surface area contributed by atoms with Gasteiger partial charge in [0.15, 0.2) is 0 Å². The zero-order valence-electron chi connectivity index (χ0n) is 14.5. The van der Waals surface area contributed by atoms with E-state index in [1.807, 2.05) is 42.5 Å². The summed E-state index contributed by atoms with van der Waals surface area (Å²) in [5.74, 6) is -1.09. The third-order valence-corrected chi connectivity index (χ3v) is 3.63. The van der Waals surface area contributed by atoms with Gasteiger partial charge in [0, 0.05) is 24.3 Å². The Morgan fingerprint density at radius 2 is 1.85 bits per heavy atom. The first-order valence-electron chi connectivity index (χ1n) is 8.27. The summed E-state index contributed by atoms with van der Waals surface area (Å²) in [5.41, 5.74) is 2.16. The number of hydrogen-bond donors (Lipinski definition) is 2. The minimum Gasteiger partial charge on any atom is -0.480 e. The summed E-state index contributed by atoms with van der Waals surface area (Å²) >= 11 is 0. The Labute approximate surface area is 153 Å². The van der Waals surface area contributed by atoms with Gasteiger partial charge in [0.25, 0.3) is 5.91 Å². The van der Waals surface area contributed by atoms with Gasteiger partial charge in [-0.15, -0.1) is 6.58 Å². The second kappa shape index (κ2) is 9.84. The lowest BCUT2D eigenvalue weighted by atomic mass is 10.1. The molecule has 2 rings (SSSR count). The van der Waals surface area contributed by atoms with Gasteiger partial charge in [0.1, 0.15) is 6.54 Å². The highest BCUT2D eigenvalue weighted by Gasteiger charge is 2.14. The average molecular weight is 350 g/mol. The van der Waals surface area contributed by atoms with Crippen LogP contribution in [-0.4, -0.2) is 41.5 Å². The van der Waals surface area contributed by atoms with Crippen molar-refractivity contribution in [2.24, 2.45) is 0 Å². The van der Waals surface area contributed by atoms with E-state index in [-0.39, 0.29) is 12.5 Å². The van der Waals surface area contributed by atoms with Crippen LogP contribution in [0, 0.1) is 0 Å². The molecule has 2 aromatic carbocycles. The maximum Gasteiger partial charge on any atom is 0.322 e. The SMILES string of the molecule is C=CCN(C/C=C/c1ccccc1)C(=O)c1cccc(NCC(=O)O)c1. The molecule has 0 aromatic heterocycles. The number of aliphatic carboxylic acids is 1. The number of hydrogen-bond acceptors (Lipinski definition) is 3. The van der Waals surface area contributed by atoms with Crippen LogP contribution in [-0.2, 0) is 4.79 Å². The fourth-order valence-electron chi connectivity index (χ4n) is 2.40. The van der Waals surface area contributed by atoms with E-state index in [1.54, 1.807) is 35.2 Å². The molecule has 0 spiro atoms. The van der Waals surface area contributed by atoms with Gasteiger partial charge in [-0.05, 0) is 23.8 Å². The van der Waals surface area contributed by atoms with Crippen LogP contribution in [0.2, 0.25) is 0 Å². The minimum absolute atomic E-state index is 0.137. The van der Waals surface area contributed by atoms with Crippen LogP contribution < -0.4 is 5.32 Å². The van der Waals surface area contributed by atoms with Crippen molar-refractivity contribution in [1.29, 1.82) is 0 Å². The Morgan fingerprint density at radius 1 is 1.08 bits per heavy atom. The Morgan fingerprint density at radius 3 is 2.54 bits per heavy atom. The van der Waals surface area contributed by atoms with Crippen molar-refractivity contribution in [2.45, 2.75) is 0 Å². The average Bonchev–Trinajstić information content (AvgIpc) is 2.66. The van der Waals surface area contributed by atoms with Crippen LogP contribution in [0.1, 0.15) is 15.9 Å². The number of nitrogens with one attached hydrogen (secondary N) is 1. The summed E-state index contributed by atoms with van der Waals surface area (Å²) in [7, 11) is 0. The molecule has 0 aliphatic carbocycles. The summed E-state index contributed by atoms with van der Waals surface area (Å²) in [6.07, 6.45) is 5.58. The molecule has 5 nitrogen and oxygen atoms in total. The molecule has 0 saturated carbocycles. The molecular weight excluding hydrogens is 328 g/mol. The van der Waals surface area contributed by atoms with Gasteiger partial charge in [0.05, 0.1) is 0 Å². The van der Waals surface area contributed by atoms with Crippen LogP contribution in [0.3, 0.4) is 0 Å². The predicted molar refractivity (Wildman–Crippen MR) is 104 cm³/mol. The standard InChI is InChI=1S/C21H22N2O3/c1-2-13-23(14-7-10-17-8-4-3-5-9-17)21(26)18-11-6-12-19(15-18)22-16-20(24)25/h2-12,15,22H,1,13-14,16H2,(H,24,25)/b10-7+. The van der Waals surface area contributed by atoms with Gasteiger partial charge in [-0.3, -0.25) is 9.59 Å². The van der Waals surface area contributed by atoms with Crippen LogP contribution in [0.4, 0.5) is 5.69 Å². The molecule has 2 aromatic rings. The van der Waals surface area contributed by atoms with Crippen LogP contribution in [0.25, 0.3) is 6.08 Å². The maximum atomic E-state index is 12.8. The van der Waals surface area contributed by atoms with Gasteiger partial charge in [0.2, 0.25) is 0 Å². The quantitative estimate of drug-likeness (QED) is 0.679. The van der Waals surface area contributed by atoms with Crippen molar-refractivity contribution in [1.82, 2.24) is 4.90 Å². The molecule has 134 valence electrons.